The predicted molar refractivity (Wildman–Crippen MR) is 98.4 cm³/mol. The van der Waals surface area contributed by atoms with E-state index in [1.54, 1.807) is 6.33 Å². The van der Waals surface area contributed by atoms with E-state index >= 15 is 0 Å². The maximum absolute atomic E-state index is 12.7. The van der Waals surface area contributed by atoms with E-state index in [0.717, 1.165) is 37.6 Å². The molecule has 25 heavy (non-hydrogen) atoms. The topological polar surface area (TPSA) is 64.8 Å². The Balaban J connectivity index is 1.91. The van der Waals surface area contributed by atoms with E-state index in [1.807, 2.05) is 23.3 Å². The Morgan fingerprint density at radius 2 is 1.92 bits per heavy atom. The first-order valence-electron chi connectivity index (χ1n) is 9.02. The minimum atomic E-state index is 0.109. The molecule has 2 atom stereocenters. The van der Waals surface area contributed by atoms with Crippen molar-refractivity contribution >= 4 is 5.91 Å². The highest BCUT2D eigenvalue weighted by atomic mass is 16.3. The second-order valence-electron chi connectivity index (χ2n) is 7.61. The molecule has 0 saturated carbocycles. The van der Waals surface area contributed by atoms with Crippen LogP contribution in [0.1, 0.15) is 11.4 Å². The van der Waals surface area contributed by atoms with Crippen molar-refractivity contribution in [1.29, 1.82) is 0 Å². The van der Waals surface area contributed by atoms with Crippen LogP contribution in [-0.4, -0.2) is 95.7 Å². The summed E-state index contributed by atoms with van der Waals surface area (Å²) in [4.78, 5) is 23.3. The fourth-order valence-corrected chi connectivity index (χ4v) is 3.37. The largest absolute Gasteiger partial charge is 0.396 e. The quantitative estimate of drug-likeness (QED) is 0.718. The summed E-state index contributed by atoms with van der Waals surface area (Å²) in [7, 11) is 6.25. The average Bonchev–Trinajstić information content (AvgIpc) is 3.11. The van der Waals surface area contributed by atoms with Gasteiger partial charge in [-0.25, -0.2) is 4.98 Å². The minimum absolute atomic E-state index is 0.109. The molecule has 1 fully saturated rings. The number of carbonyl (C=O) groups is 1. The molecule has 0 bridgehead atoms. The number of amides is 1. The summed E-state index contributed by atoms with van der Waals surface area (Å²) in [5.41, 5.74) is 1.99. The van der Waals surface area contributed by atoms with Crippen LogP contribution in [0.3, 0.4) is 0 Å². The molecule has 0 spiro atoms. The van der Waals surface area contributed by atoms with Gasteiger partial charge in [0.05, 0.1) is 12.0 Å². The molecule has 2 heterocycles. The molecule has 142 valence electrons. The third-order valence-electron chi connectivity index (χ3n) is 5.29. The van der Waals surface area contributed by atoms with Gasteiger partial charge in [-0.2, -0.15) is 0 Å². The Labute approximate surface area is 151 Å². The molecule has 1 N–H and O–H groups in total. The molecule has 2 rings (SSSR count). The Bertz CT molecular complexity index is 572. The van der Waals surface area contributed by atoms with Crippen LogP contribution in [0, 0.1) is 25.7 Å². The summed E-state index contributed by atoms with van der Waals surface area (Å²) in [6.45, 7) is 8.68. The van der Waals surface area contributed by atoms with Crippen LogP contribution in [0.2, 0.25) is 0 Å². The number of hydrogen-bond acceptors (Lipinski definition) is 5. The molecule has 7 nitrogen and oxygen atoms in total. The van der Waals surface area contributed by atoms with E-state index in [-0.39, 0.29) is 18.4 Å². The van der Waals surface area contributed by atoms with Gasteiger partial charge in [-0.15, -0.1) is 0 Å². The average molecular weight is 351 g/mol. The van der Waals surface area contributed by atoms with Crippen LogP contribution >= 0.6 is 0 Å². The third-order valence-corrected chi connectivity index (χ3v) is 5.29. The van der Waals surface area contributed by atoms with Crippen molar-refractivity contribution in [2.24, 2.45) is 11.8 Å². The Morgan fingerprint density at radius 3 is 2.48 bits per heavy atom. The molecule has 7 heteroatoms. The minimum Gasteiger partial charge on any atom is -0.396 e. The monoisotopic (exact) mass is 351 g/mol. The highest BCUT2D eigenvalue weighted by Crippen LogP contribution is 2.24. The fourth-order valence-electron chi connectivity index (χ4n) is 3.37. The van der Waals surface area contributed by atoms with Gasteiger partial charge in [-0.3, -0.25) is 4.79 Å². The van der Waals surface area contributed by atoms with Crippen molar-refractivity contribution in [3.63, 3.8) is 0 Å². The SMILES string of the molecule is Cc1ncn(CC(=O)N2C[C@@H](CN(C)CCN(C)C)[C@@H](CO)C2)c1C. The Morgan fingerprint density at radius 1 is 1.24 bits per heavy atom. The van der Waals surface area contributed by atoms with Crippen molar-refractivity contribution in [1.82, 2.24) is 24.3 Å². The lowest BCUT2D eigenvalue weighted by molar-refractivity contribution is -0.131. The summed E-state index contributed by atoms with van der Waals surface area (Å²) in [6.07, 6.45) is 1.73. The summed E-state index contributed by atoms with van der Waals surface area (Å²) < 4.78 is 1.90. The maximum atomic E-state index is 12.7. The van der Waals surface area contributed by atoms with Gasteiger partial charge >= 0.3 is 0 Å². The van der Waals surface area contributed by atoms with E-state index in [2.05, 4.69) is 35.9 Å². The number of aliphatic hydroxyl groups is 1. The number of aryl methyl sites for hydroxylation is 1. The molecule has 1 amide bonds. The molecule has 0 unspecified atom stereocenters. The predicted octanol–water partition coefficient (Wildman–Crippen LogP) is 0.0602. The van der Waals surface area contributed by atoms with Crippen LogP contribution in [-0.2, 0) is 11.3 Å². The molecule has 0 aromatic carbocycles. The zero-order chi connectivity index (χ0) is 18.6. The zero-order valence-corrected chi connectivity index (χ0v) is 16.3. The molecule has 0 radical (unpaired) electrons. The van der Waals surface area contributed by atoms with E-state index < -0.39 is 0 Å². The van der Waals surface area contributed by atoms with Crippen LogP contribution in [0.4, 0.5) is 0 Å². The second kappa shape index (κ2) is 8.78. The van der Waals surface area contributed by atoms with Crippen molar-refractivity contribution in [2.75, 3.05) is 60.5 Å². The number of aromatic nitrogens is 2. The highest BCUT2D eigenvalue weighted by molar-refractivity contribution is 5.76. The van der Waals surface area contributed by atoms with E-state index in [0.29, 0.717) is 19.0 Å². The van der Waals surface area contributed by atoms with Gasteiger partial charge in [-0.1, -0.05) is 0 Å². The van der Waals surface area contributed by atoms with Crippen molar-refractivity contribution in [3.05, 3.63) is 17.7 Å². The number of aliphatic hydroxyl groups excluding tert-OH is 1. The number of imidazole rings is 1. The number of carbonyl (C=O) groups excluding carboxylic acids is 1. The summed E-state index contributed by atoms with van der Waals surface area (Å²) in [6, 6.07) is 0. The number of hydrogen-bond donors (Lipinski definition) is 1. The standard InChI is InChI=1S/C18H33N5O2/c1-14-15(2)23(13-19-14)11-18(25)22-9-16(17(10-22)12-24)8-21(5)7-6-20(3)4/h13,16-17,24H,6-12H2,1-5H3/t16-,17-/m1/s1. The lowest BCUT2D eigenvalue weighted by Gasteiger charge is -2.25. The lowest BCUT2D eigenvalue weighted by atomic mass is 9.96. The summed E-state index contributed by atoms with van der Waals surface area (Å²) >= 11 is 0. The number of likely N-dealkylation sites (N-methyl/N-ethyl adjacent to an activating group) is 2. The molecule has 1 aliphatic heterocycles. The Kier molecular flexibility index (Phi) is 6.98. The first-order valence-corrected chi connectivity index (χ1v) is 9.02. The van der Waals surface area contributed by atoms with Crippen LogP contribution in [0.15, 0.2) is 6.33 Å². The normalized spacial score (nSPS) is 20.9. The zero-order valence-electron chi connectivity index (χ0n) is 16.3. The van der Waals surface area contributed by atoms with Crippen molar-refractivity contribution in [2.45, 2.75) is 20.4 Å². The van der Waals surface area contributed by atoms with Crippen molar-refractivity contribution in [3.8, 4) is 0 Å². The van der Waals surface area contributed by atoms with Gasteiger partial charge in [0.1, 0.15) is 6.54 Å². The number of rotatable bonds is 8. The van der Waals surface area contributed by atoms with Gasteiger partial charge in [0.2, 0.25) is 5.91 Å². The molecule has 1 saturated heterocycles. The second-order valence-corrected chi connectivity index (χ2v) is 7.61. The van der Waals surface area contributed by atoms with Crippen LogP contribution in [0.25, 0.3) is 0 Å². The van der Waals surface area contributed by atoms with Gasteiger partial charge in [-0.05, 0) is 40.9 Å². The molecule has 1 aromatic heterocycles. The molecule has 1 aromatic rings. The smallest absolute Gasteiger partial charge is 0.242 e. The molecule has 1 aliphatic rings. The van der Waals surface area contributed by atoms with Gasteiger partial charge in [0, 0.05) is 50.9 Å². The van der Waals surface area contributed by atoms with Crippen LogP contribution in [0.5, 0.6) is 0 Å². The molecular weight excluding hydrogens is 318 g/mol. The first-order chi connectivity index (χ1) is 11.8. The van der Waals surface area contributed by atoms with E-state index in [4.69, 9.17) is 0 Å². The van der Waals surface area contributed by atoms with Gasteiger partial charge in [0.15, 0.2) is 0 Å². The Hall–Kier alpha value is -1.44. The van der Waals surface area contributed by atoms with Gasteiger partial charge in [0.25, 0.3) is 0 Å². The number of nitrogens with zero attached hydrogens (tertiary/aromatic N) is 5. The third kappa shape index (κ3) is 5.26. The maximum Gasteiger partial charge on any atom is 0.242 e. The molecular formula is C18H33N5O2. The highest BCUT2D eigenvalue weighted by Gasteiger charge is 2.35. The van der Waals surface area contributed by atoms with Crippen molar-refractivity contribution < 1.29 is 9.90 Å². The fraction of sp³-hybridized carbons (Fsp3) is 0.778. The van der Waals surface area contributed by atoms with Crippen LogP contribution < -0.4 is 0 Å². The first kappa shape index (κ1) is 19.9. The summed E-state index contributed by atoms with van der Waals surface area (Å²) in [5, 5.41) is 9.72. The lowest BCUT2D eigenvalue weighted by Crippen LogP contribution is -2.36. The van der Waals surface area contributed by atoms with E-state index in [9.17, 15) is 9.90 Å². The number of likely N-dealkylation sites (tertiary alicyclic amines) is 1. The van der Waals surface area contributed by atoms with Gasteiger partial charge < -0.3 is 24.4 Å². The summed E-state index contributed by atoms with van der Waals surface area (Å²) in [5.74, 6) is 0.598. The van der Waals surface area contributed by atoms with E-state index in [1.165, 1.54) is 0 Å². The molecule has 0 aliphatic carbocycles.